The summed E-state index contributed by atoms with van der Waals surface area (Å²) in [6.07, 6.45) is 6.45. The van der Waals surface area contributed by atoms with Crippen LogP contribution in [0, 0.1) is 0 Å². The van der Waals surface area contributed by atoms with Gasteiger partial charge >= 0.3 is 0 Å². The highest BCUT2D eigenvalue weighted by Gasteiger charge is 2.26. The number of aryl methyl sites for hydroxylation is 2. The zero-order valence-electron chi connectivity index (χ0n) is 12.4. The molecule has 23 heavy (non-hydrogen) atoms. The predicted molar refractivity (Wildman–Crippen MR) is 87.0 cm³/mol. The second-order valence-electron chi connectivity index (χ2n) is 5.32. The smallest absolute Gasteiger partial charge is 0.198 e. The standard InChI is InChI=1S/C14H16N8.ClH/c15-5-1-7-22-13(14-17-20-21-18-14)11-3-2-9-8-16-6-4-10(9)12(11)19-22;/h4,6,8H,1-3,5,7,15H2,(H,17,18,20,21);1H. The molecular weight excluding hydrogens is 316 g/mol. The highest BCUT2D eigenvalue weighted by molar-refractivity contribution is 5.85. The number of tetrazole rings is 1. The zero-order chi connectivity index (χ0) is 14.9. The Bertz CT molecular complexity index is 795. The quantitative estimate of drug-likeness (QED) is 0.737. The van der Waals surface area contributed by atoms with Crippen molar-refractivity contribution in [2.75, 3.05) is 6.54 Å². The summed E-state index contributed by atoms with van der Waals surface area (Å²) < 4.78 is 1.97. The largest absolute Gasteiger partial charge is 0.330 e. The number of nitrogens with one attached hydrogen (secondary N) is 1. The van der Waals surface area contributed by atoms with Gasteiger partial charge in [-0.1, -0.05) is 0 Å². The summed E-state index contributed by atoms with van der Waals surface area (Å²) in [4.78, 5) is 4.21. The minimum absolute atomic E-state index is 0. The van der Waals surface area contributed by atoms with Crippen LogP contribution in [0.1, 0.15) is 17.5 Å². The van der Waals surface area contributed by atoms with Crippen molar-refractivity contribution in [3.05, 3.63) is 29.6 Å². The Labute approximate surface area is 138 Å². The van der Waals surface area contributed by atoms with Crippen LogP contribution in [0.15, 0.2) is 18.5 Å². The van der Waals surface area contributed by atoms with Gasteiger partial charge in [-0.3, -0.25) is 9.67 Å². The second kappa shape index (κ2) is 6.43. The third-order valence-electron chi connectivity index (χ3n) is 4.00. The molecule has 0 atom stereocenters. The summed E-state index contributed by atoms with van der Waals surface area (Å²) in [6.45, 7) is 1.37. The van der Waals surface area contributed by atoms with Crippen molar-refractivity contribution in [1.82, 2.24) is 35.4 Å². The minimum atomic E-state index is 0. The Balaban J connectivity index is 0.00000156. The molecule has 0 radical (unpaired) electrons. The molecule has 0 saturated heterocycles. The lowest BCUT2D eigenvalue weighted by molar-refractivity contribution is 0.590. The summed E-state index contributed by atoms with van der Waals surface area (Å²) in [5.74, 6) is 0.656. The van der Waals surface area contributed by atoms with Crippen molar-refractivity contribution in [3.8, 4) is 22.8 Å². The lowest BCUT2D eigenvalue weighted by Crippen LogP contribution is -2.09. The van der Waals surface area contributed by atoms with E-state index in [9.17, 15) is 0 Å². The molecule has 9 heteroatoms. The molecule has 0 unspecified atom stereocenters. The van der Waals surface area contributed by atoms with E-state index in [2.05, 4.69) is 25.6 Å². The molecular formula is C14H17ClN8. The summed E-state index contributed by atoms with van der Waals surface area (Å²) in [5, 5.41) is 19.1. The molecule has 0 saturated carbocycles. The summed E-state index contributed by atoms with van der Waals surface area (Å²) in [6, 6.07) is 2.02. The number of fused-ring (bicyclic) bond motifs is 3. The SMILES string of the molecule is Cl.NCCCn1nc2c(c1-c1nnn[nH]1)CCc1cnccc1-2. The van der Waals surface area contributed by atoms with E-state index in [0.29, 0.717) is 12.4 Å². The highest BCUT2D eigenvalue weighted by Crippen LogP contribution is 2.37. The Morgan fingerprint density at radius 3 is 3.00 bits per heavy atom. The molecule has 4 rings (SSSR count). The van der Waals surface area contributed by atoms with Gasteiger partial charge in [0.15, 0.2) is 5.82 Å². The maximum atomic E-state index is 5.65. The van der Waals surface area contributed by atoms with Crippen LogP contribution in [-0.4, -0.2) is 41.9 Å². The van der Waals surface area contributed by atoms with Gasteiger partial charge in [0.05, 0.1) is 5.69 Å². The van der Waals surface area contributed by atoms with Crippen molar-refractivity contribution in [2.24, 2.45) is 5.73 Å². The number of nitrogens with zero attached hydrogens (tertiary/aromatic N) is 6. The number of aromatic amines is 1. The maximum Gasteiger partial charge on any atom is 0.198 e. The number of rotatable bonds is 4. The number of pyridine rings is 1. The molecule has 0 bridgehead atoms. The lowest BCUT2D eigenvalue weighted by atomic mass is 9.90. The van der Waals surface area contributed by atoms with Gasteiger partial charge in [0.1, 0.15) is 5.69 Å². The van der Waals surface area contributed by atoms with Gasteiger partial charge in [-0.05, 0) is 47.9 Å². The van der Waals surface area contributed by atoms with E-state index in [0.717, 1.165) is 42.8 Å². The Morgan fingerprint density at radius 1 is 1.30 bits per heavy atom. The average Bonchev–Trinajstić information content (AvgIpc) is 3.19. The van der Waals surface area contributed by atoms with Gasteiger partial charge in [-0.2, -0.15) is 5.10 Å². The molecule has 8 nitrogen and oxygen atoms in total. The van der Waals surface area contributed by atoms with Crippen molar-refractivity contribution in [2.45, 2.75) is 25.8 Å². The molecule has 3 heterocycles. The second-order valence-corrected chi connectivity index (χ2v) is 5.32. The number of H-pyrrole nitrogens is 1. The van der Waals surface area contributed by atoms with Crippen LogP contribution in [0.2, 0.25) is 0 Å². The van der Waals surface area contributed by atoms with E-state index >= 15 is 0 Å². The number of aromatic nitrogens is 7. The van der Waals surface area contributed by atoms with E-state index in [1.165, 1.54) is 11.1 Å². The first kappa shape index (κ1) is 15.6. The van der Waals surface area contributed by atoms with Gasteiger partial charge in [0.25, 0.3) is 0 Å². The van der Waals surface area contributed by atoms with E-state index in [4.69, 9.17) is 10.8 Å². The van der Waals surface area contributed by atoms with Gasteiger partial charge < -0.3 is 5.73 Å². The fourth-order valence-corrected chi connectivity index (χ4v) is 3.00. The third-order valence-corrected chi connectivity index (χ3v) is 4.00. The normalized spacial score (nSPS) is 12.4. The third kappa shape index (κ3) is 2.60. The van der Waals surface area contributed by atoms with Gasteiger partial charge in [-0.25, -0.2) is 5.10 Å². The Kier molecular flexibility index (Phi) is 4.35. The molecule has 3 N–H and O–H groups in total. The highest BCUT2D eigenvalue weighted by atomic mass is 35.5. The van der Waals surface area contributed by atoms with Crippen LogP contribution < -0.4 is 5.73 Å². The number of halogens is 1. The van der Waals surface area contributed by atoms with Gasteiger partial charge in [-0.15, -0.1) is 17.5 Å². The molecule has 120 valence electrons. The molecule has 0 amide bonds. The predicted octanol–water partition coefficient (Wildman–Crippen LogP) is 0.994. The van der Waals surface area contributed by atoms with Crippen molar-refractivity contribution in [1.29, 1.82) is 0 Å². The first-order valence-electron chi connectivity index (χ1n) is 7.35. The average molecular weight is 333 g/mol. The minimum Gasteiger partial charge on any atom is -0.330 e. The fourth-order valence-electron chi connectivity index (χ4n) is 3.00. The number of hydrogen-bond acceptors (Lipinski definition) is 6. The molecule has 0 aliphatic heterocycles. The molecule has 3 aromatic rings. The Morgan fingerprint density at radius 2 is 2.22 bits per heavy atom. The van der Waals surface area contributed by atoms with Crippen LogP contribution in [0.5, 0.6) is 0 Å². The van der Waals surface area contributed by atoms with Crippen LogP contribution >= 0.6 is 12.4 Å². The zero-order valence-corrected chi connectivity index (χ0v) is 13.3. The topological polar surface area (TPSA) is 111 Å². The van der Waals surface area contributed by atoms with Crippen LogP contribution in [0.3, 0.4) is 0 Å². The summed E-state index contributed by atoms with van der Waals surface area (Å²) >= 11 is 0. The van der Waals surface area contributed by atoms with Crippen molar-refractivity contribution >= 4 is 12.4 Å². The lowest BCUT2D eigenvalue weighted by Gasteiger charge is -2.14. The molecule has 0 fully saturated rings. The summed E-state index contributed by atoms with van der Waals surface area (Å²) in [5.41, 5.74) is 11.2. The van der Waals surface area contributed by atoms with Gasteiger partial charge in [0, 0.05) is 30.1 Å². The molecule has 0 aromatic carbocycles. The maximum absolute atomic E-state index is 5.65. The van der Waals surface area contributed by atoms with Gasteiger partial charge in [0.2, 0.25) is 0 Å². The first-order chi connectivity index (χ1) is 10.9. The van der Waals surface area contributed by atoms with Crippen molar-refractivity contribution < 1.29 is 0 Å². The molecule has 3 aromatic heterocycles. The first-order valence-corrected chi connectivity index (χ1v) is 7.35. The molecule has 0 spiro atoms. The molecule has 1 aliphatic rings. The van der Waals surface area contributed by atoms with Crippen LogP contribution in [0.4, 0.5) is 0 Å². The van der Waals surface area contributed by atoms with Crippen LogP contribution in [0.25, 0.3) is 22.8 Å². The monoisotopic (exact) mass is 332 g/mol. The number of hydrogen-bond donors (Lipinski definition) is 2. The van der Waals surface area contributed by atoms with E-state index in [1.807, 2.05) is 23.1 Å². The van der Waals surface area contributed by atoms with Crippen LogP contribution in [-0.2, 0) is 19.4 Å². The van der Waals surface area contributed by atoms with Crippen molar-refractivity contribution in [3.63, 3.8) is 0 Å². The van der Waals surface area contributed by atoms with E-state index in [-0.39, 0.29) is 12.4 Å². The Hall–Kier alpha value is -2.32. The van der Waals surface area contributed by atoms with E-state index < -0.39 is 0 Å². The molecule has 1 aliphatic carbocycles. The van der Waals surface area contributed by atoms with E-state index in [1.54, 1.807) is 0 Å². The summed E-state index contributed by atoms with van der Waals surface area (Å²) in [7, 11) is 0. The number of nitrogens with two attached hydrogens (primary N) is 1. The fraction of sp³-hybridized carbons (Fsp3) is 0.357.